The van der Waals surface area contributed by atoms with Gasteiger partial charge in [0.2, 0.25) is 5.91 Å². The first-order valence-corrected chi connectivity index (χ1v) is 5.01. The molecule has 0 bridgehead atoms. The first-order chi connectivity index (χ1) is 8.66. The van der Waals surface area contributed by atoms with E-state index in [1.807, 2.05) is 0 Å². The summed E-state index contributed by atoms with van der Waals surface area (Å²) in [6.45, 7) is 1.37. The van der Waals surface area contributed by atoms with Crippen molar-refractivity contribution in [2.45, 2.75) is 19.5 Å². The third-order valence-electron chi connectivity index (χ3n) is 2.18. The van der Waals surface area contributed by atoms with Crippen LogP contribution in [0.5, 0.6) is 0 Å². The Bertz CT molecular complexity index is 528. The van der Waals surface area contributed by atoms with Crippen LogP contribution in [-0.4, -0.2) is 10.8 Å². The molecule has 0 radical (unpaired) electrons. The van der Waals surface area contributed by atoms with Gasteiger partial charge in [0.25, 0.3) is 5.69 Å². The summed E-state index contributed by atoms with van der Waals surface area (Å²) < 4.78 is 51.5. The average molecular weight is 280 g/mol. The van der Waals surface area contributed by atoms with Crippen molar-refractivity contribution < 1.29 is 27.3 Å². The van der Waals surface area contributed by atoms with Gasteiger partial charge in [0, 0.05) is 12.5 Å². The molecule has 19 heavy (non-hydrogen) atoms. The van der Waals surface area contributed by atoms with E-state index >= 15 is 0 Å². The minimum atomic E-state index is -5.02. The Morgan fingerprint density at radius 1 is 1.42 bits per heavy atom. The smallest absolute Gasteiger partial charge is 0.323 e. The number of nitrogens with zero attached hydrogens (tertiary/aromatic N) is 1. The second-order valence-corrected chi connectivity index (χ2v) is 3.51. The van der Waals surface area contributed by atoms with Gasteiger partial charge in [0.05, 0.1) is 22.2 Å². The largest absolute Gasteiger partial charge is 0.418 e. The lowest BCUT2D eigenvalue weighted by Crippen LogP contribution is -2.17. The van der Waals surface area contributed by atoms with Crippen LogP contribution in [0.25, 0.3) is 0 Å². The highest BCUT2D eigenvalue weighted by molar-refractivity contribution is 5.91. The number of carbonyl (C=O) groups excluding carboxylic acids is 1. The van der Waals surface area contributed by atoms with Crippen LogP contribution in [0.1, 0.15) is 18.9 Å². The Balaban J connectivity index is 3.44. The lowest BCUT2D eigenvalue weighted by Gasteiger charge is -2.14. The molecule has 1 amide bonds. The maximum atomic E-state index is 13.5. The monoisotopic (exact) mass is 280 g/mol. The van der Waals surface area contributed by atoms with E-state index in [1.54, 1.807) is 5.32 Å². The van der Waals surface area contributed by atoms with Gasteiger partial charge in [-0.1, -0.05) is 6.92 Å². The van der Waals surface area contributed by atoms with Gasteiger partial charge in [0.15, 0.2) is 5.82 Å². The molecule has 0 heterocycles. The third-order valence-corrected chi connectivity index (χ3v) is 2.18. The van der Waals surface area contributed by atoms with Crippen molar-refractivity contribution in [2.24, 2.45) is 0 Å². The number of carbonyl (C=O) groups is 1. The second kappa shape index (κ2) is 5.21. The molecule has 0 saturated heterocycles. The fourth-order valence-electron chi connectivity index (χ4n) is 1.28. The predicted octanol–water partition coefficient (Wildman–Crippen LogP) is 3.10. The number of nitro benzene ring substituents is 1. The number of anilines is 1. The summed E-state index contributed by atoms with van der Waals surface area (Å²) in [5.41, 5.74) is -3.75. The van der Waals surface area contributed by atoms with Crippen LogP contribution in [0.15, 0.2) is 12.1 Å². The maximum Gasteiger partial charge on any atom is 0.418 e. The topological polar surface area (TPSA) is 72.2 Å². The normalized spacial score (nSPS) is 11.2. The van der Waals surface area contributed by atoms with Crippen LogP contribution in [0, 0.1) is 15.9 Å². The van der Waals surface area contributed by atoms with Crippen molar-refractivity contribution in [3.05, 3.63) is 33.6 Å². The lowest BCUT2D eigenvalue weighted by molar-refractivity contribution is -0.385. The Morgan fingerprint density at radius 3 is 2.42 bits per heavy atom. The van der Waals surface area contributed by atoms with Crippen molar-refractivity contribution in [2.75, 3.05) is 5.32 Å². The van der Waals surface area contributed by atoms with Gasteiger partial charge in [-0.15, -0.1) is 0 Å². The molecule has 1 aromatic carbocycles. The summed E-state index contributed by atoms with van der Waals surface area (Å²) >= 11 is 0. The van der Waals surface area contributed by atoms with E-state index in [4.69, 9.17) is 0 Å². The number of halogens is 4. The molecule has 0 unspecified atom stereocenters. The Morgan fingerprint density at radius 2 is 2.00 bits per heavy atom. The zero-order chi connectivity index (χ0) is 14.8. The highest BCUT2D eigenvalue weighted by Gasteiger charge is 2.37. The molecule has 0 fully saturated rings. The van der Waals surface area contributed by atoms with Crippen molar-refractivity contribution in [3.63, 3.8) is 0 Å². The van der Waals surface area contributed by atoms with Gasteiger partial charge in [-0.05, 0) is 0 Å². The van der Waals surface area contributed by atoms with E-state index in [2.05, 4.69) is 0 Å². The first-order valence-electron chi connectivity index (χ1n) is 5.01. The van der Waals surface area contributed by atoms with Gasteiger partial charge in [-0.2, -0.15) is 13.2 Å². The van der Waals surface area contributed by atoms with Crippen LogP contribution >= 0.6 is 0 Å². The van der Waals surface area contributed by atoms with Crippen molar-refractivity contribution in [1.29, 1.82) is 0 Å². The van der Waals surface area contributed by atoms with Gasteiger partial charge < -0.3 is 5.32 Å². The number of nitrogens with one attached hydrogen (secondary N) is 1. The molecule has 0 spiro atoms. The number of hydrogen-bond acceptors (Lipinski definition) is 3. The van der Waals surface area contributed by atoms with E-state index in [0.29, 0.717) is 6.07 Å². The minimum absolute atomic E-state index is 0.159. The number of amides is 1. The van der Waals surface area contributed by atoms with Crippen LogP contribution in [-0.2, 0) is 11.0 Å². The van der Waals surface area contributed by atoms with E-state index in [1.165, 1.54) is 6.92 Å². The van der Waals surface area contributed by atoms with E-state index < -0.39 is 39.8 Å². The molecule has 0 aliphatic heterocycles. The van der Waals surface area contributed by atoms with Gasteiger partial charge in [-0.25, -0.2) is 4.39 Å². The quantitative estimate of drug-likeness (QED) is 0.525. The van der Waals surface area contributed by atoms with Crippen molar-refractivity contribution in [3.8, 4) is 0 Å². The Hall–Kier alpha value is -2.19. The standard InChI is InChI=1S/C10H8F4N2O3/c1-2-8(17)15-9-6(10(12,13)14)3-5(16(18)19)4-7(9)11/h3-4H,2H2,1H3,(H,15,17). The zero-order valence-electron chi connectivity index (χ0n) is 9.55. The molecule has 1 aromatic rings. The molecule has 1 rings (SSSR count). The second-order valence-electron chi connectivity index (χ2n) is 3.51. The van der Waals surface area contributed by atoms with Gasteiger partial charge >= 0.3 is 6.18 Å². The first kappa shape index (κ1) is 14.9. The molecule has 0 atom stereocenters. The molecule has 0 aliphatic rings. The maximum absolute atomic E-state index is 13.5. The number of nitro groups is 1. The molecule has 0 aliphatic carbocycles. The van der Waals surface area contributed by atoms with Gasteiger partial charge in [-0.3, -0.25) is 14.9 Å². The van der Waals surface area contributed by atoms with Crippen molar-refractivity contribution in [1.82, 2.24) is 0 Å². The third kappa shape index (κ3) is 3.39. The fourth-order valence-corrected chi connectivity index (χ4v) is 1.28. The average Bonchev–Trinajstić information content (AvgIpc) is 2.29. The SMILES string of the molecule is CCC(=O)Nc1c(F)cc([N+](=O)[O-])cc1C(F)(F)F. The number of rotatable bonds is 3. The summed E-state index contributed by atoms with van der Waals surface area (Å²) in [6.07, 6.45) is -5.18. The molecule has 9 heteroatoms. The minimum Gasteiger partial charge on any atom is -0.323 e. The Kier molecular flexibility index (Phi) is 4.07. The number of hydrogen-bond donors (Lipinski definition) is 1. The highest BCUT2D eigenvalue weighted by Crippen LogP contribution is 2.38. The summed E-state index contributed by atoms with van der Waals surface area (Å²) in [5.74, 6) is -2.35. The van der Waals surface area contributed by atoms with Crippen molar-refractivity contribution >= 4 is 17.3 Å². The van der Waals surface area contributed by atoms with Crippen LogP contribution in [0.2, 0.25) is 0 Å². The van der Waals surface area contributed by atoms with Crippen LogP contribution in [0.3, 0.4) is 0 Å². The number of alkyl halides is 3. The molecular formula is C10H8F4N2O3. The summed E-state index contributed by atoms with van der Waals surface area (Å²) in [5, 5.41) is 12.2. The molecule has 1 N–H and O–H groups in total. The molecule has 5 nitrogen and oxygen atoms in total. The summed E-state index contributed by atoms with van der Waals surface area (Å²) in [6, 6.07) is 0.495. The Labute approximate surface area is 104 Å². The molecule has 104 valence electrons. The zero-order valence-corrected chi connectivity index (χ0v) is 9.55. The predicted molar refractivity (Wildman–Crippen MR) is 57.0 cm³/mol. The molecule has 0 saturated carbocycles. The summed E-state index contributed by atoms with van der Waals surface area (Å²) in [4.78, 5) is 20.3. The summed E-state index contributed by atoms with van der Waals surface area (Å²) in [7, 11) is 0. The van der Waals surface area contributed by atoms with E-state index in [9.17, 15) is 32.5 Å². The van der Waals surface area contributed by atoms with E-state index in [0.717, 1.165) is 0 Å². The molecular weight excluding hydrogens is 272 g/mol. The fraction of sp³-hybridized carbons (Fsp3) is 0.300. The van der Waals surface area contributed by atoms with Crippen LogP contribution in [0.4, 0.5) is 28.9 Å². The number of non-ortho nitro benzene ring substituents is 1. The van der Waals surface area contributed by atoms with E-state index in [-0.39, 0.29) is 12.5 Å². The highest BCUT2D eigenvalue weighted by atomic mass is 19.4. The molecule has 0 aromatic heterocycles. The van der Waals surface area contributed by atoms with Crippen LogP contribution < -0.4 is 5.32 Å². The van der Waals surface area contributed by atoms with Gasteiger partial charge in [0.1, 0.15) is 0 Å². The number of benzene rings is 1. The lowest BCUT2D eigenvalue weighted by atomic mass is 10.1.